The first-order chi connectivity index (χ1) is 21.9. The highest BCUT2D eigenvalue weighted by molar-refractivity contribution is 5.99. The highest BCUT2D eigenvalue weighted by atomic mass is 16.5. The van der Waals surface area contributed by atoms with Crippen molar-refractivity contribution in [2.24, 2.45) is 5.92 Å². The van der Waals surface area contributed by atoms with E-state index in [0.717, 1.165) is 65.8 Å². The summed E-state index contributed by atoms with van der Waals surface area (Å²) in [6.07, 6.45) is 6.95. The Kier molecular flexibility index (Phi) is 7.45. The average molecular weight is 618 g/mol. The Morgan fingerprint density at radius 3 is 2.46 bits per heavy atom. The van der Waals surface area contributed by atoms with Crippen molar-refractivity contribution in [2.45, 2.75) is 98.1 Å². The van der Waals surface area contributed by atoms with Crippen molar-refractivity contribution in [3.8, 4) is 11.5 Å². The first kappa shape index (κ1) is 30.8. The molecular formula is C41H49N2O3+. The molecule has 0 aromatic heterocycles. The Labute approximate surface area is 274 Å². The van der Waals surface area contributed by atoms with Crippen molar-refractivity contribution in [3.63, 3.8) is 0 Å². The molecule has 0 radical (unpaired) electrons. The lowest BCUT2D eigenvalue weighted by Gasteiger charge is -2.47. The van der Waals surface area contributed by atoms with Gasteiger partial charge in [-0.25, -0.2) is 9.37 Å². The molecule has 3 aliphatic heterocycles. The van der Waals surface area contributed by atoms with E-state index in [1.807, 2.05) is 18.2 Å². The Hall–Kier alpha value is -3.86. The molecule has 1 aliphatic carbocycles. The zero-order valence-electron chi connectivity index (χ0n) is 28.9. The molecule has 1 unspecified atom stereocenters. The third-order valence-corrected chi connectivity index (χ3v) is 11.0. The third-order valence-electron chi connectivity index (χ3n) is 11.0. The largest absolute Gasteiger partial charge is 0.462 e. The SMILES string of the molecule is CCN1c2cc3c(cc2C(C)CC1(C)C)C(c1ccccc1C(=O)OCC1CCC1)=c1cc2c(cc1O3)=[N+](CC)C(C)(C)C=C2C. The molecule has 1 saturated carbocycles. The van der Waals surface area contributed by atoms with Crippen molar-refractivity contribution >= 4 is 22.8 Å². The minimum absolute atomic E-state index is 0.0431. The molecular weight excluding hydrogens is 568 g/mol. The second-order valence-corrected chi connectivity index (χ2v) is 15.1. The number of carbonyl (C=O) groups excluding carboxylic acids is 1. The molecule has 0 spiro atoms. The molecule has 1 fully saturated rings. The highest BCUT2D eigenvalue weighted by Gasteiger charge is 2.38. The van der Waals surface area contributed by atoms with Gasteiger partial charge in [-0.15, -0.1) is 0 Å². The van der Waals surface area contributed by atoms with Gasteiger partial charge in [0, 0.05) is 59.6 Å². The summed E-state index contributed by atoms with van der Waals surface area (Å²) in [5, 5.41) is 2.20. The van der Waals surface area contributed by atoms with E-state index in [9.17, 15) is 4.79 Å². The van der Waals surface area contributed by atoms with Crippen molar-refractivity contribution in [3.05, 3.63) is 93.0 Å². The summed E-state index contributed by atoms with van der Waals surface area (Å²) in [5.74, 6) is 2.29. The van der Waals surface area contributed by atoms with E-state index in [-0.39, 0.29) is 17.0 Å². The van der Waals surface area contributed by atoms with Crippen LogP contribution in [0.25, 0.3) is 11.1 Å². The number of benzene rings is 3. The van der Waals surface area contributed by atoms with Gasteiger partial charge in [0.05, 0.1) is 18.2 Å². The van der Waals surface area contributed by atoms with E-state index in [0.29, 0.717) is 24.0 Å². The molecule has 0 saturated heterocycles. The molecule has 4 aliphatic rings. The van der Waals surface area contributed by atoms with Crippen LogP contribution in [0.5, 0.6) is 11.5 Å². The van der Waals surface area contributed by atoms with Crippen LogP contribution in [0.2, 0.25) is 0 Å². The summed E-state index contributed by atoms with van der Waals surface area (Å²) in [6, 6.07) is 17.1. The van der Waals surface area contributed by atoms with Crippen molar-refractivity contribution in [2.75, 3.05) is 24.6 Å². The van der Waals surface area contributed by atoms with E-state index in [1.165, 1.54) is 34.2 Å². The number of rotatable bonds is 6. The molecule has 0 bridgehead atoms. The van der Waals surface area contributed by atoms with Gasteiger partial charge in [0.15, 0.2) is 5.54 Å². The van der Waals surface area contributed by atoms with E-state index in [2.05, 4.69) is 101 Å². The zero-order valence-corrected chi connectivity index (χ0v) is 28.9. The number of ether oxygens (including phenoxy) is 2. The van der Waals surface area contributed by atoms with E-state index < -0.39 is 0 Å². The predicted molar refractivity (Wildman–Crippen MR) is 188 cm³/mol. The zero-order chi connectivity index (χ0) is 32.5. The molecule has 1 atom stereocenters. The number of likely N-dealkylation sites (N-methyl/N-ethyl adjacent to an activating group) is 1. The monoisotopic (exact) mass is 617 g/mol. The molecule has 0 N–H and O–H groups in total. The topological polar surface area (TPSA) is 41.8 Å². The number of carbonyl (C=O) groups is 1. The third kappa shape index (κ3) is 4.89. The summed E-state index contributed by atoms with van der Waals surface area (Å²) in [4.78, 5) is 16.3. The van der Waals surface area contributed by atoms with Gasteiger partial charge < -0.3 is 14.4 Å². The summed E-state index contributed by atoms with van der Waals surface area (Å²) in [6.45, 7) is 20.5. The van der Waals surface area contributed by atoms with Gasteiger partial charge >= 0.3 is 5.97 Å². The van der Waals surface area contributed by atoms with Crippen LogP contribution in [0.3, 0.4) is 0 Å². The van der Waals surface area contributed by atoms with Gasteiger partial charge in [0.25, 0.3) is 0 Å². The maximum atomic E-state index is 13.8. The number of esters is 1. The smallest absolute Gasteiger partial charge is 0.338 e. The summed E-state index contributed by atoms with van der Waals surface area (Å²) < 4.78 is 15.4. The lowest BCUT2D eigenvalue weighted by molar-refractivity contribution is 0.0371. The quantitative estimate of drug-likeness (QED) is 0.164. The minimum Gasteiger partial charge on any atom is -0.462 e. The van der Waals surface area contributed by atoms with Crippen molar-refractivity contribution < 1.29 is 14.3 Å². The van der Waals surface area contributed by atoms with Gasteiger partial charge in [-0.3, -0.25) is 0 Å². The van der Waals surface area contributed by atoms with Crippen LogP contribution >= 0.6 is 0 Å². The molecule has 5 nitrogen and oxygen atoms in total. The summed E-state index contributed by atoms with van der Waals surface area (Å²) in [5.41, 5.74) is 8.56. The van der Waals surface area contributed by atoms with Gasteiger partial charge in [-0.2, -0.15) is 0 Å². The number of allylic oxidation sites excluding steroid dienone is 1. The Morgan fingerprint density at radius 2 is 1.76 bits per heavy atom. The van der Waals surface area contributed by atoms with E-state index in [4.69, 9.17) is 9.47 Å². The maximum Gasteiger partial charge on any atom is 0.338 e. The van der Waals surface area contributed by atoms with E-state index >= 15 is 0 Å². The second-order valence-electron chi connectivity index (χ2n) is 15.1. The second kappa shape index (κ2) is 11.1. The van der Waals surface area contributed by atoms with Crippen LogP contribution in [0.15, 0.2) is 54.6 Å². The lowest BCUT2D eigenvalue weighted by Crippen LogP contribution is -2.49. The van der Waals surface area contributed by atoms with Gasteiger partial charge in [-0.1, -0.05) is 31.5 Å². The molecule has 3 heterocycles. The van der Waals surface area contributed by atoms with Crippen molar-refractivity contribution in [1.82, 2.24) is 4.58 Å². The molecule has 3 aromatic carbocycles. The maximum absolute atomic E-state index is 13.8. The molecule has 240 valence electrons. The van der Waals surface area contributed by atoms with E-state index in [1.54, 1.807) is 0 Å². The van der Waals surface area contributed by atoms with Crippen molar-refractivity contribution in [1.29, 1.82) is 0 Å². The van der Waals surface area contributed by atoms with Crippen LogP contribution in [-0.2, 0) is 4.74 Å². The molecule has 7 rings (SSSR count). The fraction of sp³-hybridized carbons (Fsp3) is 0.463. The number of nitrogens with zero attached hydrogens (tertiary/aromatic N) is 2. The molecule has 5 heteroatoms. The normalized spacial score (nSPS) is 20.8. The Bertz CT molecular complexity index is 1910. The van der Waals surface area contributed by atoms with Crippen LogP contribution in [0.1, 0.15) is 120 Å². The fourth-order valence-electron chi connectivity index (χ4n) is 8.71. The standard InChI is InChI=1S/C41H49N2O3/c1-9-42-34-20-36-32(18-30(34)25(3)22-40(42,5)6)38(28-16-11-12-17-29(28)39(44)45-24-27-14-13-15-27)33-19-31-26(4)23-41(7,8)43(10-2)35(31)21-37(33)46-36/h11-12,16-22,26-27H,9-10,13-15,23-24H2,1-8H3/q+1. The van der Waals surface area contributed by atoms with Crippen LogP contribution in [-0.4, -0.2) is 36.7 Å². The fourth-order valence-corrected chi connectivity index (χ4v) is 8.71. The molecule has 3 aromatic rings. The number of hydrogen-bond donors (Lipinski definition) is 0. The first-order valence-electron chi connectivity index (χ1n) is 17.4. The lowest BCUT2D eigenvalue weighted by atomic mass is 9.78. The average Bonchev–Trinajstić information content (AvgIpc) is 2.97. The van der Waals surface area contributed by atoms with Crippen LogP contribution < -0.4 is 24.8 Å². The highest BCUT2D eigenvalue weighted by Crippen LogP contribution is 2.49. The van der Waals surface area contributed by atoms with Gasteiger partial charge in [0.1, 0.15) is 18.0 Å². The Balaban J connectivity index is 1.52. The van der Waals surface area contributed by atoms with Gasteiger partial charge in [-0.05, 0) is 107 Å². The number of hydrogen-bond acceptors (Lipinski definition) is 4. The number of fused-ring (bicyclic) bond motifs is 4. The molecule has 0 amide bonds. The first-order valence-corrected chi connectivity index (χ1v) is 17.4. The van der Waals surface area contributed by atoms with Crippen LogP contribution in [0, 0.1) is 5.92 Å². The molecule has 46 heavy (non-hydrogen) atoms. The van der Waals surface area contributed by atoms with Crippen LogP contribution in [0.4, 0.5) is 5.69 Å². The number of anilines is 1. The predicted octanol–water partition coefficient (Wildman–Crippen LogP) is 7.82. The minimum atomic E-state index is -0.247. The summed E-state index contributed by atoms with van der Waals surface area (Å²) in [7, 11) is 0. The summed E-state index contributed by atoms with van der Waals surface area (Å²) >= 11 is 0. The van der Waals surface area contributed by atoms with Gasteiger partial charge in [0.2, 0.25) is 5.36 Å². The Morgan fingerprint density at radius 1 is 1.00 bits per heavy atom.